The van der Waals surface area contributed by atoms with Crippen molar-refractivity contribution in [3.8, 4) is 11.5 Å². The fraction of sp³-hybridized carbons (Fsp3) is 0.250. The van der Waals surface area contributed by atoms with Gasteiger partial charge in [0.1, 0.15) is 18.1 Å². The highest BCUT2D eigenvalue weighted by Crippen LogP contribution is 2.25. The molecule has 0 aliphatic carbocycles. The Balaban J connectivity index is 1.92. The molecule has 0 fully saturated rings. The van der Waals surface area contributed by atoms with Crippen LogP contribution >= 0.6 is 0 Å². The fourth-order valence-electron chi connectivity index (χ4n) is 1.44. The van der Waals surface area contributed by atoms with Crippen molar-refractivity contribution in [3.05, 3.63) is 42.2 Å². The number of aromatic hydroxyl groups is 1. The predicted molar refractivity (Wildman–Crippen MR) is 60.6 cm³/mol. The van der Waals surface area contributed by atoms with E-state index >= 15 is 0 Å². The van der Waals surface area contributed by atoms with E-state index in [1.807, 2.05) is 25.3 Å². The number of ether oxygens (including phenoxy) is 1. The molecule has 84 valence electrons. The molecule has 2 aromatic rings. The predicted octanol–water partition coefficient (Wildman–Crippen LogP) is 1.98. The fourth-order valence-corrected chi connectivity index (χ4v) is 1.44. The molecule has 0 spiro atoms. The van der Waals surface area contributed by atoms with Crippen molar-refractivity contribution in [1.29, 1.82) is 0 Å². The van der Waals surface area contributed by atoms with Crippen LogP contribution in [-0.4, -0.2) is 21.5 Å². The first-order valence-electron chi connectivity index (χ1n) is 5.16. The van der Waals surface area contributed by atoms with Crippen molar-refractivity contribution in [2.75, 3.05) is 6.61 Å². The number of rotatable bonds is 4. The quantitative estimate of drug-likeness (QED) is 0.853. The average Bonchev–Trinajstić information content (AvgIpc) is 2.77. The Morgan fingerprint density at radius 1 is 1.38 bits per heavy atom. The first-order chi connectivity index (χ1) is 7.77. The molecule has 0 saturated carbocycles. The van der Waals surface area contributed by atoms with E-state index in [2.05, 4.69) is 5.10 Å². The second-order valence-electron chi connectivity index (χ2n) is 3.52. The lowest BCUT2D eigenvalue weighted by molar-refractivity contribution is 0.288. The van der Waals surface area contributed by atoms with Crippen molar-refractivity contribution in [1.82, 2.24) is 9.78 Å². The Morgan fingerprint density at radius 2 is 2.25 bits per heavy atom. The monoisotopic (exact) mass is 218 g/mol. The number of hydrogen-bond acceptors (Lipinski definition) is 3. The molecule has 0 atom stereocenters. The van der Waals surface area contributed by atoms with Crippen LogP contribution in [0.2, 0.25) is 0 Å². The van der Waals surface area contributed by atoms with Gasteiger partial charge in [0.15, 0.2) is 0 Å². The molecular weight excluding hydrogens is 204 g/mol. The van der Waals surface area contributed by atoms with Crippen LogP contribution in [-0.2, 0) is 6.54 Å². The Hall–Kier alpha value is -1.97. The molecule has 0 bridgehead atoms. The van der Waals surface area contributed by atoms with E-state index in [9.17, 15) is 5.11 Å². The number of hydrogen-bond donors (Lipinski definition) is 1. The zero-order chi connectivity index (χ0) is 11.4. The number of nitrogens with zero attached hydrogens (tertiary/aromatic N) is 2. The maximum atomic E-state index is 9.49. The Morgan fingerprint density at radius 3 is 3.00 bits per heavy atom. The Kier molecular flexibility index (Phi) is 3.10. The van der Waals surface area contributed by atoms with Crippen molar-refractivity contribution >= 4 is 0 Å². The van der Waals surface area contributed by atoms with Crippen LogP contribution in [0, 0.1) is 6.92 Å². The van der Waals surface area contributed by atoms with Crippen LogP contribution in [0.4, 0.5) is 0 Å². The van der Waals surface area contributed by atoms with Gasteiger partial charge in [-0.05, 0) is 25.1 Å². The normalized spacial score (nSPS) is 10.3. The molecule has 0 aliphatic heterocycles. The molecule has 1 N–H and O–H groups in total. The van der Waals surface area contributed by atoms with E-state index in [1.165, 1.54) is 0 Å². The summed E-state index contributed by atoms with van der Waals surface area (Å²) in [5.41, 5.74) is 0.767. The topological polar surface area (TPSA) is 47.3 Å². The van der Waals surface area contributed by atoms with Crippen molar-refractivity contribution in [2.45, 2.75) is 13.5 Å². The molecule has 0 radical (unpaired) electrons. The molecule has 4 nitrogen and oxygen atoms in total. The van der Waals surface area contributed by atoms with E-state index < -0.39 is 0 Å². The summed E-state index contributed by atoms with van der Waals surface area (Å²) in [4.78, 5) is 0. The summed E-state index contributed by atoms with van der Waals surface area (Å²) in [7, 11) is 0. The molecule has 1 aromatic carbocycles. The summed E-state index contributed by atoms with van der Waals surface area (Å²) in [6.07, 6.45) is 3.62. The highest BCUT2D eigenvalue weighted by molar-refractivity contribution is 5.42. The second kappa shape index (κ2) is 4.70. The molecule has 0 saturated heterocycles. The molecule has 0 amide bonds. The van der Waals surface area contributed by atoms with Gasteiger partial charge in [0, 0.05) is 18.0 Å². The van der Waals surface area contributed by atoms with Gasteiger partial charge in [0.2, 0.25) is 0 Å². The van der Waals surface area contributed by atoms with Gasteiger partial charge in [-0.1, -0.05) is 6.07 Å². The number of aromatic nitrogens is 2. The third-order valence-electron chi connectivity index (χ3n) is 2.39. The highest BCUT2D eigenvalue weighted by Gasteiger charge is 2.03. The summed E-state index contributed by atoms with van der Waals surface area (Å²) < 4.78 is 7.37. The standard InChI is InChI=1S/C12H14N2O2/c1-10-11(15)4-2-5-12(10)16-9-8-14-7-3-6-13-14/h2-7,15H,8-9H2,1H3. The summed E-state index contributed by atoms with van der Waals surface area (Å²) in [5, 5.41) is 13.6. The maximum absolute atomic E-state index is 9.49. The largest absolute Gasteiger partial charge is 0.508 e. The number of phenols is 1. The van der Waals surface area contributed by atoms with Gasteiger partial charge >= 0.3 is 0 Å². The maximum Gasteiger partial charge on any atom is 0.125 e. The summed E-state index contributed by atoms with van der Waals surface area (Å²) >= 11 is 0. The average molecular weight is 218 g/mol. The van der Waals surface area contributed by atoms with Crippen LogP contribution in [0.5, 0.6) is 11.5 Å². The van der Waals surface area contributed by atoms with E-state index in [0.29, 0.717) is 18.9 Å². The molecule has 16 heavy (non-hydrogen) atoms. The zero-order valence-electron chi connectivity index (χ0n) is 9.13. The van der Waals surface area contributed by atoms with E-state index in [0.717, 1.165) is 5.56 Å². The van der Waals surface area contributed by atoms with Gasteiger partial charge in [-0.15, -0.1) is 0 Å². The lowest BCUT2D eigenvalue weighted by Gasteiger charge is -2.09. The first kappa shape index (κ1) is 10.5. The van der Waals surface area contributed by atoms with Gasteiger partial charge in [-0.3, -0.25) is 4.68 Å². The molecule has 0 aliphatic rings. The SMILES string of the molecule is Cc1c(O)cccc1OCCn1cccn1. The molecule has 0 unspecified atom stereocenters. The van der Waals surface area contributed by atoms with Crippen LogP contribution in [0.15, 0.2) is 36.7 Å². The molecule has 1 aromatic heterocycles. The Bertz CT molecular complexity index is 452. The minimum Gasteiger partial charge on any atom is -0.508 e. The van der Waals surface area contributed by atoms with Gasteiger partial charge < -0.3 is 9.84 Å². The molecule has 2 rings (SSSR count). The Labute approximate surface area is 94.1 Å². The third kappa shape index (κ3) is 2.34. The zero-order valence-corrected chi connectivity index (χ0v) is 9.13. The van der Waals surface area contributed by atoms with E-state index in [1.54, 1.807) is 23.0 Å². The summed E-state index contributed by atoms with van der Waals surface area (Å²) in [5.74, 6) is 0.976. The van der Waals surface area contributed by atoms with Gasteiger partial charge in [0.05, 0.1) is 6.54 Å². The smallest absolute Gasteiger partial charge is 0.125 e. The van der Waals surface area contributed by atoms with Crippen molar-refractivity contribution in [2.24, 2.45) is 0 Å². The highest BCUT2D eigenvalue weighted by atomic mass is 16.5. The lowest BCUT2D eigenvalue weighted by atomic mass is 10.2. The minimum atomic E-state index is 0.261. The van der Waals surface area contributed by atoms with Crippen molar-refractivity contribution in [3.63, 3.8) is 0 Å². The number of benzene rings is 1. The van der Waals surface area contributed by atoms with Gasteiger partial charge in [-0.2, -0.15) is 5.10 Å². The van der Waals surface area contributed by atoms with Crippen molar-refractivity contribution < 1.29 is 9.84 Å². The lowest BCUT2D eigenvalue weighted by Crippen LogP contribution is -2.08. The third-order valence-corrected chi connectivity index (χ3v) is 2.39. The summed E-state index contributed by atoms with van der Waals surface area (Å²) in [6.45, 7) is 3.06. The van der Waals surface area contributed by atoms with E-state index in [4.69, 9.17) is 4.74 Å². The molecular formula is C12H14N2O2. The van der Waals surface area contributed by atoms with Crippen LogP contribution in [0.25, 0.3) is 0 Å². The van der Waals surface area contributed by atoms with Gasteiger partial charge in [0.25, 0.3) is 0 Å². The second-order valence-corrected chi connectivity index (χ2v) is 3.52. The minimum absolute atomic E-state index is 0.261. The summed E-state index contributed by atoms with van der Waals surface area (Å²) in [6, 6.07) is 7.14. The first-order valence-corrected chi connectivity index (χ1v) is 5.16. The van der Waals surface area contributed by atoms with Crippen LogP contribution in [0.1, 0.15) is 5.56 Å². The molecule has 4 heteroatoms. The molecule has 1 heterocycles. The van der Waals surface area contributed by atoms with E-state index in [-0.39, 0.29) is 5.75 Å². The van der Waals surface area contributed by atoms with Crippen LogP contribution in [0.3, 0.4) is 0 Å². The number of phenolic OH excluding ortho intramolecular Hbond substituents is 1. The van der Waals surface area contributed by atoms with Crippen LogP contribution < -0.4 is 4.74 Å². The van der Waals surface area contributed by atoms with Gasteiger partial charge in [-0.25, -0.2) is 0 Å².